The van der Waals surface area contributed by atoms with Gasteiger partial charge in [-0.25, -0.2) is 4.79 Å². The van der Waals surface area contributed by atoms with Crippen LogP contribution in [-0.2, 0) is 39.9 Å². The Labute approximate surface area is 321 Å². The number of carboxylic acid groups (broad SMARTS) is 1. The van der Waals surface area contributed by atoms with Crippen LogP contribution in [0.2, 0.25) is 5.02 Å². The molecule has 2 unspecified atom stereocenters. The SMILES string of the molecule is CC[C@H](C)C(C(CC(=O)N1CCC[C@H]1[C@H](OC)[C@@H](C)C(=O)N[C@@H](Cc1cccc(Cl)c1)C(=O)O)OC)N(C)C(=O)[C@@H](NC(=O)[C@@H](NC)C(C)C)C(C)C. The van der Waals surface area contributed by atoms with Crippen LogP contribution in [0.5, 0.6) is 0 Å². The van der Waals surface area contributed by atoms with E-state index in [1.807, 2.05) is 41.5 Å². The maximum Gasteiger partial charge on any atom is 0.326 e. The summed E-state index contributed by atoms with van der Waals surface area (Å²) in [5.41, 5.74) is 0.669. The zero-order chi connectivity index (χ0) is 40.2. The molecular formula is C39H64ClN5O8. The van der Waals surface area contributed by atoms with E-state index >= 15 is 0 Å². The molecule has 1 aliphatic rings. The molecule has 0 aromatic heterocycles. The molecule has 0 radical (unpaired) electrons. The van der Waals surface area contributed by atoms with Crippen molar-refractivity contribution in [3.05, 3.63) is 34.9 Å². The molecule has 13 nitrogen and oxygen atoms in total. The van der Waals surface area contributed by atoms with E-state index in [0.29, 0.717) is 36.4 Å². The van der Waals surface area contributed by atoms with Gasteiger partial charge in [0, 0.05) is 39.3 Å². The van der Waals surface area contributed by atoms with Crippen molar-refractivity contribution in [1.29, 1.82) is 0 Å². The molecule has 2 rings (SSSR count). The highest BCUT2D eigenvalue weighted by Gasteiger charge is 2.43. The summed E-state index contributed by atoms with van der Waals surface area (Å²) >= 11 is 6.08. The molecule has 14 heteroatoms. The monoisotopic (exact) mass is 765 g/mol. The molecule has 1 aliphatic heterocycles. The highest BCUT2D eigenvalue weighted by atomic mass is 35.5. The standard InChI is InChI=1S/C39H64ClN5O8/c1-12-24(6)34(44(9)38(49)33(23(4)5)43-37(48)32(41-8)22(2)3)30(52-10)21-31(46)45-18-14-17-29(45)35(53-11)25(7)36(47)42-28(39(50)51)20-26-15-13-16-27(40)19-26/h13,15-16,19,22-25,28-30,32-35,41H,12,14,17-18,20-21H2,1-11H3,(H,42,47)(H,43,48)(H,50,51)/t24-,25+,28-,29-,30?,32-,33-,34?,35+/m0/s1. The predicted molar refractivity (Wildman–Crippen MR) is 205 cm³/mol. The van der Waals surface area contributed by atoms with Gasteiger partial charge in [0.05, 0.1) is 42.7 Å². The molecule has 4 amide bonds. The van der Waals surface area contributed by atoms with Gasteiger partial charge in [0.15, 0.2) is 0 Å². The Morgan fingerprint density at radius 3 is 2.13 bits per heavy atom. The number of hydrogen-bond acceptors (Lipinski definition) is 8. The minimum absolute atomic E-state index is 0.0169. The maximum absolute atomic E-state index is 14.1. The second-order valence-corrected chi connectivity index (χ2v) is 15.5. The molecule has 300 valence electrons. The number of hydrogen-bond donors (Lipinski definition) is 4. The number of methoxy groups -OCH3 is 2. The first-order valence-electron chi connectivity index (χ1n) is 18.8. The fourth-order valence-corrected chi connectivity index (χ4v) is 7.67. The van der Waals surface area contributed by atoms with Gasteiger partial charge in [-0.05, 0) is 55.3 Å². The van der Waals surface area contributed by atoms with Crippen molar-refractivity contribution in [3.63, 3.8) is 0 Å². The lowest BCUT2D eigenvalue weighted by atomic mass is 9.89. The Morgan fingerprint density at radius 1 is 0.981 bits per heavy atom. The summed E-state index contributed by atoms with van der Waals surface area (Å²) in [6.07, 6.45) is 0.654. The third kappa shape index (κ3) is 12.4. The lowest BCUT2D eigenvalue weighted by molar-refractivity contribution is -0.148. The Morgan fingerprint density at radius 2 is 1.62 bits per heavy atom. The van der Waals surface area contributed by atoms with Crippen LogP contribution < -0.4 is 16.0 Å². The zero-order valence-electron chi connectivity index (χ0n) is 33.5. The van der Waals surface area contributed by atoms with Gasteiger partial charge in [0.2, 0.25) is 23.6 Å². The van der Waals surface area contributed by atoms with Gasteiger partial charge in [0.1, 0.15) is 12.1 Å². The maximum atomic E-state index is 14.1. The molecule has 9 atom stereocenters. The number of carboxylic acids is 1. The van der Waals surface area contributed by atoms with Crippen molar-refractivity contribution in [2.75, 3.05) is 34.9 Å². The number of likely N-dealkylation sites (tertiary alicyclic amines) is 1. The first-order chi connectivity index (χ1) is 24.9. The second kappa shape index (κ2) is 21.6. The number of nitrogens with zero attached hydrogens (tertiary/aromatic N) is 2. The topological polar surface area (TPSA) is 167 Å². The van der Waals surface area contributed by atoms with Crippen LogP contribution in [0.15, 0.2) is 24.3 Å². The van der Waals surface area contributed by atoms with Gasteiger partial charge >= 0.3 is 5.97 Å². The van der Waals surface area contributed by atoms with Crippen molar-refractivity contribution in [2.24, 2.45) is 23.7 Å². The van der Waals surface area contributed by atoms with Crippen LogP contribution in [0.4, 0.5) is 0 Å². The number of aliphatic carboxylic acids is 1. The lowest BCUT2D eigenvalue weighted by Gasteiger charge is -2.41. The van der Waals surface area contributed by atoms with Gasteiger partial charge in [-0.1, -0.05) is 78.6 Å². The minimum Gasteiger partial charge on any atom is -0.480 e. The summed E-state index contributed by atoms with van der Waals surface area (Å²) in [5, 5.41) is 19.0. The third-order valence-electron chi connectivity index (χ3n) is 10.7. The number of halogens is 1. The highest BCUT2D eigenvalue weighted by Crippen LogP contribution is 2.30. The zero-order valence-corrected chi connectivity index (χ0v) is 34.2. The summed E-state index contributed by atoms with van der Waals surface area (Å²) in [6, 6.07) is 3.45. The van der Waals surface area contributed by atoms with E-state index in [4.69, 9.17) is 21.1 Å². The van der Waals surface area contributed by atoms with Crippen LogP contribution in [0, 0.1) is 23.7 Å². The smallest absolute Gasteiger partial charge is 0.326 e. The van der Waals surface area contributed by atoms with Gasteiger partial charge < -0.3 is 40.3 Å². The van der Waals surface area contributed by atoms with Crippen molar-refractivity contribution in [3.8, 4) is 0 Å². The summed E-state index contributed by atoms with van der Waals surface area (Å²) in [4.78, 5) is 70.4. The average molecular weight is 766 g/mol. The summed E-state index contributed by atoms with van der Waals surface area (Å²) in [7, 11) is 6.43. The van der Waals surface area contributed by atoms with Gasteiger partial charge in [-0.2, -0.15) is 0 Å². The molecule has 53 heavy (non-hydrogen) atoms. The number of carbonyl (C=O) groups is 5. The fraction of sp³-hybridized carbons (Fsp3) is 0.718. The average Bonchev–Trinajstić information content (AvgIpc) is 3.59. The molecule has 1 aromatic carbocycles. The van der Waals surface area contributed by atoms with E-state index in [1.54, 1.807) is 55.1 Å². The number of amides is 4. The largest absolute Gasteiger partial charge is 0.480 e. The molecule has 1 heterocycles. The fourth-order valence-electron chi connectivity index (χ4n) is 7.45. The third-order valence-corrected chi connectivity index (χ3v) is 10.9. The molecule has 1 fully saturated rings. The number of rotatable bonds is 21. The molecule has 1 saturated heterocycles. The summed E-state index contributed by atoms with van der Waals surface area (Å²) in [5.74, 6) is -3.41. The quantitative estimate of drug-likeness (QED) is 0.146. The van der Waals surface area contributed by atoms with Crippen LogP contribution >= 0.6 is 11.6 Å². The van der Waals surface area contributed by atoms with Crippen LogP contribution in [-0.4, -0.2) is 122 Å². The van der Waals surface area contributed by atoms with Crippen molar-refractivity contribution < 1.29 is 38.6 Å². The number of carbonyl (C=O) groups excluding carboxylic acids is 4. The van der Waals surface area contributed by atoms with Crippen molar-refractivity contribution in [1.82, 2.24) is 25.8 Å². The van der Waals surface area contributed by atoms with Crippen molar-refractivity contribution >= 4 is 41.2 Å². The first kappa shape index (κ1) is 45.9. The Kier molecular flexibility index (Phi) is 18.7. The van der Waals surface area contributed by atoms with Gasteiger partial charge in [-0.3, -0.25) is 19.2 Å². The Hall–Kier alpha value is -3.26. The van der Waals surface area contributed by atoms with E-state index < -0.39 is 60.2 Å². The van der Waals surface area contributed by atoms with E-state index in [2.05, 4.69) is 16.0 Å². The predicted octanol–water partition coefficient (Wildman–Crippen LogP) is 3.76. The molecule has 0 aliphatic carbocycles. The number of likely N-dealkylation sites (N-methyl/N-ethyl adjacent to an activating group) is 2. The number of ether oxygens (including phenoxy) is 2. The lowest BCUT2D eigenvalue weighted by Crippen LogP contribution is -2.59. The van der Waals surface area contributed by atoms with E-state index in [9.17, 15) is 29.1 Å². The van der Waals surface area contributed by atoms with E-state index in [0.717, 1.165) is 0 Å². The van der Waals surface area contributed by atoms with E-state index in [-0.39, 0.29) is 48.3 Å². The first-order valence-corrected chi connectivity index (χ1v) is 19.2. The molecule has 4 N–H and O–H groups in total. The molecule has 0 saturated carbocycles. The second-order valence-electron chi connectivity index (χ2n) is 15.1. The number of benzene rings is 1. The van der Waals surface area contributed by atoms with Crippen LogP contribution in [0.3, 0.4) is 0 Å². The Bertz CT molecular complexity index is 1380. The Balaban J connectivity index is 2.27. The van der Waals surface area contributed by atoms with E-state index in [1.165, 1.54) is 14.2 Å². The highest BCUT2D eigenvalue weighted by molar-refractivity contribution is 6.30. The van der Waals surface area contributed by atoms with Crippen LogP contribution in [0.25, 0.3) is 0 Å². The normalized spacial score (nSPS) is 19.1. The molecule has 0 spiro atoms. The van der Waals surface area contributed by atoms with Crippen LogP contribution in [0.1, 0.15) is 79.7 Å². The molecular weight excluding hydrogens is 702 g/mol. The molecule has 0 bridgehead atoms. The summed E-state index contributed by atoms with van der Waals surface area (Å²) in [6.45, 7) is 13.8. The van der Waals surface area contributed by atoms with Crippen molar-refractivity contribution in [2.45, 2.75) is 123 Å². The summed E-state index contributed by atoms with van der Waals surface area (Å²) < 4.78 is 11.8. The minimum atomic E-state index is -1.19. The molecule has 1 aromatic rings. The van der Waals surface area contributed by atoms with Gasteiger partial charge in [-0.15, -0.1) is 0 Å². The number of nitrogens with one attached hydrogen (secondary N) is 3. The van der Waals surface area contributed by atoms with Gasteiger partial charge in [0.25, 0.3) is 0 Å².